The molecule has 2 aromatic carbocycles. The highest BCUT2D eigenvalue weighted by Gasteiger charge is 2.31. The van der Waals surface area contributed by atoms with Gasteiger partial charge in [0.15, 0.2) is 6.10 Å². The first-order valence-corrected chi connectivity index (χ1v) is 9.67. The molecule has 7 nitrogen and oxygen atoms in total. The van der Waals surface area contributed by atoms with Crippen LogP contribution in [-0.2, 0) is 9.59 Å². The molecule has 1 atom stereocenters. The van der Waals surface area contributed by atoms with Crippen molar-refractivity contribution in [3.05, 3.63) is 53.1 Å². The van der Waals surface area contributed by atoms with E-state index < -0.39 is 6.10 Å². The molecule has 2 amide bonds. The highest BCUT2D eigenvalue weighted by molar-refractivity contribution is 6.32. The van der Waals surface area contributed by atoms with E-state index in [1.807, 2.05) is 36.1 Å². The lowest BCUT2D eigenvalue weighted by atomic mass is 10.1. The van der Waals surface area contributed by atoms with Crippen LogP contribution in [0, 0.1) is 11.3 Å². The molecule has 2 aromatic rings. The van der Waals surface area contributed by atoms with Crippen LogP contribution in [0.1, 0.15) is 18.9 Å². The normalized spacial score (nSPS) is 14.9. The summed E-state index contributed by atoms with van der Waals surface area (Å²) in [4.78, 5) is 26.8. The van der Waals surface area contributed by atoms with E-state index in [1.54, 1.807) is 18.2 Å². The molecular weight excluding hydrogens is 392 g/mol. The Morgan fingerprint density at radius 1 is 1.31 bits per heavy atom. The summed E-state index contributed by atoms with van der Waals surface area (Å²) in [7, 11) is 0. The maximum Gasteiger partial charge on any atom is 0.262 e. The number of para-hydroxylation sites is 2. The Bertz CT molecular complexity index is 957. The SMILES string of the molecule is CCCNC(=O)[C@H]1CN(CC(=O)Nc2ccc(C#N)c(Cl)c2)c2ccccc2O1. The van der Waals surface area contributed by atoms with Crippen molar-refractivity contribution in [3.8, 4) is 11.8 Å². The summed E-state index contributed by atoms with van der Waals surface area (Å²) >= 11 is 6.02. The lowest BCUT2D eigenvalue weighted by Gasteiger charge is -2.35. The standard InChI is InChI=1S/C21H21ClN4O3/c1-2-9-24-21(28)19-12-26(17-5-3-4-6-18(17)29-19)13-20(27)25-15-8-7-14(11-23)16(22)10-15/h3-8,10,19H,2,9,12-13H2,1H3,(H,24,28)(H,25,27)/t19-/m1/s1. The fraction of sp³-hybridized carbons (Fsp3) is 0.286. The third kappa shape index (κ3) is 4.98. The Morgan fingerprint density at radius 3 is 2.83 bits per heavy atom. The van der Waals surface area contributed by atoms with E-state index in [4.69, 9.17) is 21.6 Å². The van der Waals surface area contributed by atoms with Gasteiger partial charge in [-0.05, 0) is 36.8 Å². The van der Waals surface area contributed by atoms with Crippen molar-refractivity contribution in [1.29, 1.82) is 5.26 Å². The molecule has 0 fully saturated rings. The first-order valence-electron chi connectivity index (χ1n) is 9.29. The van der Waals surface area contributed by atoms with Crippen molar-refractivity contribution in [2.45, 2.75) is 19.4 Å². The largest absolute Gasteiger partial charge is 0.477 e. The Morgan fingerprint density at radius 2 is 2.10 bits per heavy atom. The molecule has 0 spiro atoms. The zero-order valence-corrected chi connectivity index (χ0v) is 16.7. The average Bonchev–Trinajstić information content (AvgIpc) is 2.72. The minimum atomic E-state index is -0.700. The fourth-order valence-electron chi connectivity index (χ4n) is 3.01. The number of hydrogen-bond acceptors (Lipinski definition) is 5. The van der Waals surface area contributed by atoms with E-state index in [1.165, 1.54) is 6.07 Å². The summed E-state index contributed by atoms with van der Waals surface area (Å²) in [6.07, 6.45) is 0.127. The van der Waals surface area contributed by atoms with Crippen LogP contribution >= 0.6 is 11.6 Å². The highest BCUT2D eigenvalue weighted by Crippen LogP contribution is 2.33. The van der Waals surface area contributed by atoms with Crippen LogP contribution in [0.4, 0.5) is 11.4 Å². The zero-order chi connectivity index (χ0) is 20.8. The van der Waals surface area contributed by atoms with Crippen molar-refractivity contribution >= 4 is 34.8 Å². The average molecular weight is 413 g/mol. The van der Waals surface area contributed by atoms with Crippen LogP contribution in [0.15, 0.2) is 42.5 Å². The second-order valence-electron chi connectivity index (χ2n) is 6.60. The fourth-order valence-corrected chi connectivity index (χ4v) is 3.24. The van der Waals surface area contributed by atoms with Crippen LogP contribution in [-0.4, -0.2) is 37.6 Å². The maximum atomic E-state index is 12.6. The van der Waals surface area contributed by atoms with Gasteiger partial charge < -0.3 is 20.3 Å². The van der Waals surface area contributed by atoms with Crippen molar-refractivity contribution in [1.82, 2.24) is 5.32 Å². The van der Waals surface area contributed by atoms with Gasteiger partial charge in [0.2, 0.25) is 5.91 Å². The summed E-state index contributed by atoms with van der Waals surface area (Å²) in [5.74, 6) is 0.0884. The first-order chi connectivity index (χ1) is 14.0. The van der Waals surface area contributed by atoms with Crippen molar-refractivity contribution in [2.24, 2.45) is 0 Å². The van der Waals surface area contributed by atoms with Gasteiger partial charge in [-0.1, -0.05) is 30.7 Å². The van der Waals surface area contributed by atoms with Gasteiger partial charge in [0, 0.05) is 12.2 Å². The number of ether oxygens (including phenoxy) is 1. The van der Waals surface area contributed by atoms with Gasteiger partial charge in [-0.2, -0.15) is 5.26 Å². The Hall–Kier alpha value is -3.24. The van der Waals surface area contributed by atoms with Crippen molar-refractivity contribution in [3.63, 3.8) is 0 Å². The molecule has 3 rings (SSSR count). The van der Waals surface area contributed by atoms with E-state index in [0.29, 0.717) is 23.5 Å². The quantitative estimate of drug-likeness (QED) is 0.760. The third-order valence-corrected chi connectivity index (χ3v) is 4.72. The Labute approximate surface area is 174 Å². The number of anilines is 2. The summed E-state index contributed by atoms with van der Waals surface area (Å²) < 4.78 is 5.83. The maximum absolute atomic E-state index is 12.6. The molecule has 150 valence electrons. The highest BCUT2D eigenvalue weighted by atomic mass is 35.5. The number of rotatable bonds is 6. The van der Waals surface area contributed by atoms with Gasteiger partial charge in [-0.3, -0.25) is 9.59 Å². The predicted molar refractivity (Wildman–Crippen MR) is 111 cm³/mol. The van der Waals surface area contributed by atoms with Gasteiger partial charge in [0.25, 0.3) is 5.91 Å². The monoisotopic (exact) mass is 412 g/mol. The summed E-state index contributed by atoms with van der Waals surface area (Å²) in [5.41, 5.74) is 1.59. The number of fused-ring (bicyclic) bond motifs is 1. The van der Waals surface area contributed by atoms with E-state index in [0.717, 1.165) is 12.1 Å². The number of benzene rings is 2. The number of nitrogens with zero attached hydrogens (tertiary/aromatic N) is 2. The summed E-state index contributed by atoms with van der Waals surface area (Å²) in [5, 5.41) is 14.8. The van der Waals surface area contributed by atoms with Crippen LogP contribution in [0.3, 0.4) is 0 Å². The van der Waals surface area contributed by atoms with Crippen molar-refractivity contribution < 1.29 is 14.3 Å². The Balaban J connectivity index is 1.72. The summed E-state index contributed by atoms with van der Waals surface area (Å²) in [6.45, 7) is 2.84. The second-order valence-corrected chi connectivity index (χ2v) is 7.01. The zero-order valence-electron chi connectivity index (χ0n) is 15.9. The van der Waals surface area contributed by atoms with Gasteiger partial charge >= 0.3 is 0 Å². The molecule has 0 saturated carbocycles. The number of nitrogens with one attached hydrogen (secondary N) is 2. The number of hydrogen-bond donors (Lipinski definition) is 2. The molecule has 0 bridgehead atoms. The van der Waals surface area contributed by atoms with Crippen LogP contribution in [0.5, 0.6) is 5.75 Å². The smallest absolute Gasteiger partial charge is 0.262 e. The molecule has 2 N–H and O–H groups in total. The minimum Gasteiger partial charge on any atom is -0.477 e. The lowest BCUT2D eigenvalue weighted by Crippen LogP contribution is -2.50. The lowest BCUT2D eigenvalue weighted by molar-refractivity contribution is -0.128. The molecule has 29 heavy (non-hydrogen) atoms. The van der Waals surface area contributed by atoms with E-state index in [2.05, 4.69) is 10.6 Å². The van der Waals surface area contributed by atoms with Gasteiger partial charge in [-0.25, -0.2) is 0 Å². The van der Waals surface area contributed by atoms with E-state index >= 15 is 0 Å². The number of halogens is 1. The number of carbonyl (C=O) groups is 2. The summed E-state index contributed by atoms with van der Waals surface area (Å²) in [6, 6.07) is 14.0. The molecule has 1 aliphatic rings. The molecule has 0 aromatic heterocycles. The molecule has 0 unspecified atom stereocenters. The number of nitriles is 1. The predicted octanol–water partition coefficient (Wildman–Crippen LogP) is 2.94. The topological polar surface area (TPSA) is 94.5 Å². The third-order valence-electron chi connectivity index (χ3n) is 4.41. The number of amides is 2. The molecule has 0 aliphatic carbocycles. The molecule has 0 saturated heterocycles. The van der Waals surface area contributed by atoms with Gasteiger partial charge in [0.05, 0.1) is 29.4 Å². The second kappa shape index (κ2) is 9.30. The Kier molecular flexibility index (Phi) is 6.57. The van der Waals surface area contributed by atoms with Crippen molar-refractivity contribution in [2.75, 3.05) is 29.9 Å². The van der Waals surface area contributed by atoms with Crippen LogP contribution in [0.2, 0.25) is 5.02 Å². The van der Waals surface area contributed by atoms with Crippen LogP contribution in [0.25, 0.3) is 0 Å². The van der Waals surface area contributed by atoms with E-state index in [9.17, 15) is 9.59 Å². The van der Waals surface area contributed by atoms with Gasteiger partial charge in [-0.15, -0.1) is 0 Å². The molecule has 8 heteroatoms. The molecule has 0 radical (unpaired) electrons. The molecule has 1 aliphatic heterocycles. The van der Waals surface area contributed by atoms with E-state index in [-0.39, 0.29) is 29.9 Å². The van der Waals surface area contributed by atoms with Gasteiger partial charge in [0.1, 0.15) is 11.8 Å². The van der Waals surface area contributed by atoms with Crippen LogP contribution < -0.4 is 20.3 Å². The first kappa shape index (κ1) is 20.5. The number of carbonyl (C=O) groups excluding carboxylic acids is 2. The molecular formula is C21H21ClN4O3. The molecule has 1 heterocycles. The minimum absolute atomic E-state index is 0.0373.